The molecular weight excluding hydrogens is 372 g/mol. The number of carbonyl (C=O) groups is 1. The van der Waals surface area contributed by atoms with Crippen LogP contribution >= 0.6 is 11.6 Å². The van der Waals surface area contributed by atoms with Crippen LogP contribution in [-0.2, 0) is 6.54 Å². The number of para-hydroxylation sites is 1. The van der Waals surface area contributed by atoms with Gasteiger partial charge in [-0.1, -0.05) is 41.9 Å². The molecule has 0 aliphatic carbocycles. The molecule has 0 saturated carbocycles. The maximum atomic E-state index is 12.5. The first kappa shape index (κ1) is 17.9. The molecule has 0 radical (unpaired) electrons. The van der Waals surface area contributed by atoms with Gasteiger partial charge >= 0.3 is 0 Å². The quantitative estimate of drug-likeness (QED) is 0.507. The zero-order chi connectivity index (χ0) is 19.3. The van der Waals surface area contributed by atoms with E-state index >= 15 is 0 Å². The Morgan fingerprint density at radius 2 is 1.82 bits per heavy atom. The molecule has 2 aromatic carbocycles. The maximum Gasteiger partial charge on any atom is 0.253 e. The molecule has 138 valence electrons. The van der Waals surface area contributed by atoms with E-state index < -0.39 is 0 Å². The summed E-state index contributed by atoms with van der Waals surface area (Å²) in [5, 5.41) is 7.90. The van der Waals surface area contributed by atoms with Gasteiger partial charge in [0, 0.05) is 29.3 Å². The predicted octanol–water partition coefficient (Wildman–Crippen LogP) is 4.96. The zero-order valence-electron chi connectivity index (χ0n) is 14.9. The molecule has 5 nitrogen and oxygen atoms in total. The Labute approximate surface area is 167 Å². The van der Waals surface area contributed by atoms with Crippen LogP contribution in [0.1, 0.15) is 15.9 Å². The second-order valence-electron chi connectivity index (χ2n) is 6.28. The molecule has 0 spiro atoms. The average Bonchev–Trinajstić information content (AvgIpc) is 2.74. The van der Waals surface area contributed by atoms with Crippen molar-refractivity contribution >= 4 is 39.8 Å². The Morgan fingerprint density at radius 3 is 2.68 bits per heavy atom. The highest BCUT2D eigenvalue weighted by molar-refractivity contribution is 6.30. The largest absolute Gasteiger partial charge is 0.352 e. The summed E-state index contributed by atoms with van der Waals surface area (Å²) < 4.78 is 0. The minimum atomic E-state index is -0.192. The van der Waals surface area contributed by atoms with E-state index in [0.717, 1.165) is 27.8 Å². The lowest BCUT2D eigenvalue weighted by Gasteiger charge is -2.10. The van der Waals surface area contributed by atoms with E-state index in [-0.39, 0.29) is 5.91 Å². The van der Waals surface area contributed by atoms with Crippen LogP contribution in [-0.4, -0.2) is 15.9 Å². The normalized spacial score (nSPS) is 10.6. The van der Waals surface area contributed by atoms with Crippen LogP contribution in [0.25, 0.3) is 10.9 Å². The van der Waals surface area contributed by atoms with Crippen LogP contribution in [0, 0.1) is 0 Å². The molecule has 6 heteroatoms. The summed E-state index contributed by atoms with van der Waals surface area (Å²) in [6, 6.07) is 19.0. The first-order chi connectivity index (χ1) is 13.7. The number of hydrogen-bond donors (Lipinski definition) is 2. The Hall–Kier alpha value is -3.44. The SMILES string of the molecule is O=C(NCc1ccc(Cl)cc1)c1cncc(Nc2cccc3cccnc23)c1. The monoisotopic (exact) mass is 388 g/mol. The molecule has 0 fully saturated rings. The number of nitrogens with one attached hydrogen (secondary N) is 2. The molecule has 2 N–H and O–H groups in total. The van der Waals surface area contributed by atoms with Crippen LogP contribution in [0.3, 0.4) is 0 Å². The molecule has 4 aromatic rings. The number of halogens is 1. The van der Waals surface area contributed by atoms with Gasteiger partial charge in [0.25, 0.3) is 5.91 Å². The third-order valence-corrected chi connectivity index (χ3v) is 4.53. The van der Waals surface area contributed by atoms with Crippen molar-refractivity contribution in [3.63, 3.8) is 0 Å². The van der Waals surface area contributed by atoms with Gasteiger partial charge in [-0.2, -0.15) is 0 Å². The maximum absolute atomic E-state index is 12.5. The fourth-order valence-electron chi connectivity index (χ4n) is 2.88. The number of carbonyl (C=O) groups excluding carboxylic acids is 1. The van der Waals surface area contributed by atoms with E-state index in [4.69, 9.17) is 11.6 Å². The van der Waals surface area contributed by atoms with E-state index in [2.05, 4.69) is 20.6 Å². The molecule has 0 aliphatic heterocycles. The van der Waals surface area contributed by atoms with Crippen molar-refractivity contribution in [2.45, 2.75) is 6.54 Å². The van der Waals surface area contributed by atoms with Crippen molar-refractivity contribution in [1.29, 1.82) is 0 Å². The van der Waals surface area contributed by atoms with Gasteiger partial charge in [-0.3, -0.25) is 14.8 Å². The number of rotatable bonds is 5. The third kappa shape index (κ3) is 4.10. The summed E-state index contributed by atoms with van der Waals surface area (Å²) in [5.41, 5.74) is 3.90. The number of benzene rings is 2. The van der Waals surface area contributed by atoms with Crippen LogP contribution in [0.15, 0.2) is 79.3 Å². The van der Waals surface area contributed by atoms with Crippen molar-refractivity contribution in [3.8, 4) is 0 Å². The third-order valence-electron chi connectivity index (χ3n) is 4.28. The first-order valence-electron chi connectivity index (χ1n) is 8.77. The van der Waals surface area contributed by atoms with E-state index in [1.165, 1.54) is 0 Å². The highest BCUT2D eigenvalue weighted by atomic mass is 35.5. The molecule has 0 atom stereocenters. The van der Waals surface area contributed by atoms with Crippen LogP contribution < -0.4 is 10.6 Å². The van der Waals surface area contributed by atoms with Crippen LogP contribution in [0.4, 0.5) is 11.4 Å². The Bertz CT molecular complexity index is 1120. The number of aromatic nitrogens is 2. The van der Waals surface area contributed by atoms with Gasteiger partial charge in [0.2, 0.25) is 0 Å². The molecule has 0 saturated heterocycles. The van der Waals surface area contributed by atoms with Crippen molar-refractivity contribution in [2.24, 2.45) is 0 Å². The van der Waals surface area contributed by atoms with Gasteiger partial charge in [-0.05, 0) is 35.9 Å². The second-order valence-corrected chi connectivity index (χ2v) is 6.71. The number of fused-ring (bicyclic) bond motifs is 1. The smallest absolute Gasteiger partial charge is 0.253 e. The van der Waals surface area contributed by atoms with Gasteiger partial charge in [-0.15, -0.1) is 0 Å². The van der Waals surface area contributed by atoms with Gasteiger partial charge in [0.15, 0.2) is 0 Å². The van der Waals surface area contributed by atoms with E-state index in [0.29, 0.717) is 17.1 Å². The predicted molar refractivity (Wildman–Crippen MR) is 112 cm³/mol. The summed E-state index contributed by atoms with van der Waals surface area (Å²) in [6.45, 7) is 0.418. The summed E-state index contributed by atoms with van der Waals surface area (Å²) >= 11 is 5.88. The molecule has 0 bridgehead atoms. The highest BCUT2D eigenvalue weighted by Gasteiger charge is 2.08. The van der Waals surface area contributed by atoms with Crippen LogP contribution in [0.5, 0.6) is 0 Å². The van der Waals surface area contributed by atoms with Crippen LogP contribution in [0.2, 0.25) is 5.02 Å². The number of pyridine rings is 2. The van der Waals surface area contributed by atoms with E-state index in [1.807, 2.05) is 42.5 Å². The molecule has 0 aliphatic rings. The topological polar surface area (TPSA) is 66.9 Å². The van der Waals surface area contributed by atoms with Gasteiger partial charge in [0.1, 0.15) is 0 Å². The summed E-state index contributed by atoms with van der Waals surface area (Å²) in [4.78, 5) is 21.1. The Balaban J connectivity index is 1.49. The molecule has 4 rings (SSSR count). The second kappa shape index (κ2) is 8.06. The minimum Gasteiger partial charge on any atom is -0.352 e. The van der Waals surface area contributed by atoms with Crippen molar-refractivity contribution < 1.29 is 4.79 Å². The van der Waals surface area contributed by atoms with E-state index in [9.17, 15) is 4.79 Å². The molecule has 2 heterocycles. The number of hydrogen-bond acceptors (Lipinski definition) is 4. The molecule has 0 unspecified atom stereocenters. The average molecular weight is 389 g/mol. The molecule has 1 amide bonds. The first-order valence-corrected chi connectivity index (χ1v) is 9.15. The Morgan fingerprint density at radius 1 is 1.00 bits per heavy atom. The lowest BCUT2D eigenvalue weighted by molar-refractivity contribution is 0.0950. The fraction of sp³-hybridized carbons (Fsp3) is 0.0455. The van der Waals surface area contributed by atoms with Gasteiger partial charge in [0.05, 0.1) is 28.7 Å². The lowest BCUT2D eigenvalue weighted by Crippen LogP contribution is -2.23. The van der Waals surface area contributed by atoms with E-state index in [1.54, 1.807) is 36.8 Å². The zero-order valence-corrected chi connectivity index (χ0v) is 15.6. The molecule has 28 heavy (non-hydrogen) atoms. The summed E-state index contributed by atoms with van der Waals surface area (Å²) in [5.74, 6) is -0.192. The standard InChI is InChI=1S/C22H17ClN4O/c23-18-8-6-15(7-9-18)12-26-22(28)17-11-19(14-24-13-17)27-20-5-1-3-16-4-2-10-25-21(16)20/h1-11,13-14,27H,12H2,(H,26,28). The van der Waals surface area contributed by atoms with Gasteiger partial charge < -0.3 is 10.6 Å². The number of anilines is 2. The highest BCUT2D eigenvalue weighted by Crippen LogP contribution is 2.24. The Kier molecular flexibility index (Phi) is 5.17. The number of nitrogens with zero attached hydrogens (tertiary/aromatic N) is 2. The van der Waals surface area contributed by atoms with Gasteiger partial charge in [-0.25, -0.2) is 0 Å². The molecular formula is C22H17ClN4O. The van der Waals surface area contributed by atoms with Crippen molar-refractivity contribution in [3.05, 3.63) is 95.4 Å². The minimum absolute atomic E-state index is 0.192. The summed E-state index contributed by atoms with van der Waals surface area (Å²) in [6.07, 6.45) is 4.98. The fourth-order valence-corrected chi connectivity index (χ4v) is 3.01. The number of amides is 1. The summed E-state index contributed by atoms with van der Waals surface area (Å²) in [7, 11) is 0. The lowest BCUT2D eigenvalue weighted by atomic mass is 10.2. The van der Waals surface area contributed by atoms with Crippen molar-refractivity contribution in [2.75, 3.05) is 5.32 Å². The molecule has 2 aromatic heterocycles. The van der Waals surface area contributed by atoms with Crippen molar-refractivity contribution in [1.82, 2.24) is 15.3 Å².